The summed E-state index contributed by atoms with van der Waals surface area (Å²) >= 11 is 3.58. The third-order valence-corrected chi connectivity index (χ3v) is 6.37. The Bertz CT molecular complexity index is 874. The summed E-state index contributed by atoms with van der Waals surface area (Å²) in [5.74, 6) is -0.396. The van der Waals surface area contributed by atoms with Crippen LogP contribution in [0.2, 0.25) is 0 Å². The van der Waals surface area contributed by atoms with Gasteiger partial charge in [0.1, 0.15) is 11.8 Å². The molecule has 1 N–H and O–H groups in total. The molecule has 1 aliphatic carbocycles. The maximum Gasteiger partial charge on any atom is 0.220 e. The van der Waals surface area contributed by atoms with E-state index in [9.17, 15) is 9.32 Å². The molecule has 1 saturated carbocycles. The van der Waals surface area contributed by atoms with Gasteiger partial charge in [0.25, 0.3) is 0 Å². The second kappa shape index (κ2) is 7.25. The van der Waals surface area contributed by atoms with Crippen molar-refractivity contribution in [1.82, 2.24) is 3.97 Å². The highest BCUT2D eigenvalue weighted by Crippen LogP contribution is 2.40. The molecule has 0 saturated heterocycles. The van der Waals surface area contributed by atoms with Crippen molar-refractivity contribution in [1.29, 1.82) is 5.26 Å². The van der Waals surface area contributed by atoms with E-state index in [1.165, 1.54) is 27.1 Å². The van der Waals surface area contributed by atoms with E-state index in [1.807, 2.05) is 21.2 Å². The number of anilines is 1. The zero-order valence-electron chi connectivity index (χ0n) is 12.2. The molecule has 1 aliphatic rings. The van der Waals surface area contributed by atoms with Gasteiger partial charge in [-0.05, 0) is 43.0 Å². The van der Waals surface area contributed by atoms with Gasteiger partial charge < -0.3 is 4.72 Å². The van der Waals surface area contributed by atoms with Gasteiger partial charge >= 0.3 is 0 Å². The average molecular weight is 475 g/mol. The monoisotopic (exact) mass is 475 g/mol. The standard InChI is InChI=1S/C15H11FIN3O2S2/c1-8(7-18)15(21)13-4-9-5-14(22-16)11(19-23-10-2-3-10)6-12(9)20(13)24-17/h4-6,10,19H,1-3H2. The zero-order chi connectivity index (χ0) is 17.3. The molecule has 0 unspecified atom stereocenters. The Morgan fingerprint density at radius 3 is 2.83 bits per heavy atom. The Morgan fingerprint density at radius 1 is 1.50 bits per heavy atom. The van der Waals surface area contributed by atoms with Crippen molar-refractivity contribution in [2.75, 3.05) is 4.72 Å². The summed E-state index contributed by atoms with van der Waals surface area (Å²) in [4.78, 5) is 16.3. The molecule has 0 spiro atoms. The SMILES string of the molecule is C=C(C#N)C(=O)c1cc2cc(OF)c(NSC3CC3)cc2n1SI. The van der Waals surface area contributed by atoms with Crippen molar-refractivity contribution in [2.45, 2.75) is 18.1 Å². The van der Waals surface area contributed by atoms with E-state index in [0.29, 0.717) is 22.0 Å². The van der Waals surface area contributed by atoms with E-state index >= 15 is 0 Å². The molecule has 1 aromatic carbocycles. The van der Waals surface area contributed by atoms with Gasteiger partial charge in [-0.15, -0.1) is 0 Å². The number of nitrogens with one attached hydrogen (secondary N) is 1. The number of nitriles is 1. The van der Waals surface area contributed by atoms with Gasteiger partial charge in [0.2, 0.25) is 5.78 Å². The number of carbonyl (C=O) groups is 1. The van der Waals surface area contributed by atoms with Crippen LogP contribution in [0.4, 0.5) is 10.2 Å². The fourth-order valence-corrected chi connectivity index (χ4v) is 4.67. The van der Waals surface area contributed by atoms with Gasteiger partial charge in [0.05, 0.1) is 16.8 Å². The molecule has 3 rings (SSSR count). The molecular formula is C15H11FIN3O2S2. The first-order chi connectivity index (χ1) is 11.6. The molecule has 1 fully saturated rings. The third-order valence-electron chi connectivity index (χ3n) is 3.51. The van der Waals surface area contributed by atoms with Gasteiger partial charge in [0.15, 0.2) is 5.75 Å². The maximum atomic E-state index is 12.9. The Kier molecular flexibility index (Phi) is 5.27. The van der Waals surface area contributed by atoms with Crippen molar-refractivity contribution in [2.24, 2.45) is 0 Å². The molecule has 2 aromatic rings. The topological polar surface area (TPSA) is 67.1 Å². The lowest BCUT2D eigenvalue weighted by molar-refractivity contribution is -0.00504. The van der Waals surface area contributed by atoms with Gasteiger partial charge in [-0.2, -0.15) is 5.26 Å². The summed E-state index contributed by atoms with van der Waals surface area (Å²) in [6, 6.07) is 6.63. The number of rotatable bonds is 7. The van der Waals surface area contributed by atoms with E-state index in [4.69, 9.17) is 5.26 Å². The molecule has 0 amide bonds. The number of Topliss-reactive ketones (excluding diaryl/α,β-unsaturated/α-hetero) is 1. The first-order valence-electron chi connectivity index (χ1n) is 6.91. The Hall–Kier alpha value is -1.38. The Balaban J connectivity index is 2.07. The number of hydrogen-bond acceptors (Lipinski definition) is 6. The molecule has 24 heavy (non-hydrogen) atoms. The minimum Gasteiger partial charge on any atom is -0.326 e. The van der Waals surface area contributed by atoms with Crippen LogP contribution in [0.3, 0.4) is 0 Å². The van der Waals surface area contributed by atoms with Crippen LogP contribution < -0.4 is 9.66 Å². The fourth-order valence-electron chi connectivity index (χ4n) is 2.13. The van der Waals surface area contributed by atoms with Crippen molar-refractivity contribution in [3.8, 4) is 11.8 Å². The Morgan fingerprint density at radius 2 is 2.25 bits per heavy atom. The number of benzene rings is 1. The zero-order valence-corrected chi connectivity index (χ0v) is 16.0. The molecule has 1 aromatic heterocycles. The summed E-state index contributed by atoms with van der Waals surface area (Å²) in [6.45, 7) is 3.47. The van der Waals surface area contributed by atoms with Gasteiger partial charge in [-0.25, -0.2) is 0 Å². The molecule has 124 valence electrons. The Labute approximate surface area is 158 Å². The summed E-state index contributed by atoms with van der Waals surface area (Å²) in [6.07, 6.45) is 2.28. The van der Waals surface area contributed by atoms with E-state index in [2.05, 4.69) is 16.2 Å². The largest absolute Gasteiger partial charge is 0.326 e. The van der Waals surface area contributed by atoms with E-state index < -0.39 is 5.78 Å². The number of aromatic nitrogens is 1. The second-order valence-corrected chi connectivity index (χ2v) is 8.01. The number of carbonyl (C=O) groups excluding carboxylic acids is 1. The summed E-state index contributed by atoms with van der Waals surface area (Å²) in [7, 11) is 1.29. The molecule has 0 aliphatic heterocycles. The van der Waals surface area contributed by atoms with E-state index in [1.54, 1.807) is 22.2 Å². The first-order valence-corrected chi connectivity index (χ1v) is 11.1. The first kappa shape index (κ1) is 17.4. The van der Waals surface area contributed by atoms with Crippen LogP contribution in [-0.2, 0) is 0 Å². The van der Waals surface area contributed by atoms with Gasteiger partial charge in [0, 0.05) is 45.5 Å². The van der Waals surface area contributed by atoms with Crippen LogP contribution in [-0.4, -0.2) is 15.0 Å². The summed E-state index contributed by atoms with van der Waals surface area (Å²) in [5.41, 5.74) is 1.40. The molecular weight excluding hydrogens is 464 g/mol. The summed E-state index contributed by atoms with van der Waals surface area (Å²) < 4.78 is 17.7. The lowest BCUT2D eigenvalue weighted by Crippen LogP contribution is -2.05. The van der Waals surface area contributed by atoms with E-state index in [0.717, 1.165) is 18.4 Å². The number of allylic oxidation sites excluding steroid dienone is 1. The normalized spacial score (nSPS) is 13.5. The van der Waals surface area contributed by atoms with Crippen LogP contribution in [0, 0.1) is 11.3 Å². The second-order valence-electron chi connectivity index (χ2n) is 5.22. The van der Waals surface area contributed by atoms with Crippen LogP contribution >= 0.6 is 42.3 Å². The third kappa shape index (κ3) is 3.36. The van der Waals surface area contributed by atoms with Crippen LogP contribution in [0.25, 0.3) is 10.9 Å². The van der Waals surface area contributed by atoms with Crippen LogP contribution in [0.15, 0.2) is 30.4 Å². The van der Waals surface area contributed by atoms with Crippen LogP contribution in [0.1, 0.15) is 23.3 Å². The van der Waals surface area contributed by atoms with Gasteiger partial charge in [-0.1, -0.05) is 6.58 Å². The lowest BCUT2D eigenvalue weighted by Gasteiger charge is -2.09. The minimum atomic E-state index is -0.456. The minimum absolute atomic E-state index is 0.0596. The van der Waals surface area contributed by atoms with Crippen molar-refractivity contribution in [3.63, 3.8) is 0 Å². The lowest BCUT2D eigenvalue weighted by atomic mass is 10.1. The number of nitrogens with zero attached hydrogens (tertiary/aromatic N) is 2. The quantitative estimate of drug-likeness (QED) is 0.194. The highest BCUT2D eigenvalue weighted by atomic mass is 127. The highest BCUT2D eigenvalue weighted by Gasteiger charge is 2.24. The number of hydrogen-bond donors (Lipinski definition) is 1. The van der Waals surface area contributed by atoms with Crippen molar-refractivity contribution >= 4 is 64.6 Å². The molecule has 9 heteroatoms. The predicted molar refractivity (Wildman–Crippen MR) is 104 cm³/mol. The molecule has 1 heterocycles. The van der Waals surface area contributed by atoms with E-state index in [-0.39, 0.29) is 11.3 Å². The van der Waals surface area contributed by atoms with Crippen molar-refractivity contribution < 1.29 is 14.3 Å². The number of fused-ring (bicyclic) bond motifs is 1. The number of ketones is 1. The fraction of sp³-hybridized carbons (Fsp3) is 0.200. The number of halogens is 2. The summed E-state index contributed by atoms with van der Waals surface area (Å²) in [5, 5.41) is 10.1. The molecule has 0 radical (unpaired) electrons. The van der Waals surface area contributed by atoms with Gasteiger partial charge in [-0.3, -0.25) is 13.7 Å². The maximum absolute atomic E-state index is 12.9. The molecule has 5 nitrogen and oxygen atoms in total. The smallest absolute Gasteiger partial charge is 0.220 e. The molecule has 0 bridgehead atoms. The average Bonchev–Trinajstić information content (AvgIpc) is 3.37. The highest BCUT2D eigenvalue weighted by molar-refractivity contribution is 14.2. The van der Waals surface area contributed by atoms with Crippen molar-refractivity contribution in [3.05, 3.63) is 36.0 Å². The van der Waals surface area contributed by atoms with Crippen LogP contribution in [0.5, 0.6) is 5.75 Å². The predicted octanol–water partition coefficient (Wildman–Crippen LogP) is 5.24. The molecule has 0 atom stereocenters.